The molecule has 0 spiro atoms. The van der Waals surface area contributed by atoms with Gasteiger partial charge in [-0.15, -0.1) is 0 Å². The first kappa shape index (κ1) is 20.3. The van der Waals surface area contributed by atoms with E-state index in [4.69, 9.17) is 17.3 Å². The van der Waals surface area contributed by atoms with Crippen molar-refractivity contribution in [1.29, 1.82) is 0 Å². The third-order valence-electron chi connectivity index (χ3n) is 4.66. The van der Waals surface area contributed by atoms with Crippen molar-refractivity contribution in [3.63, 3.8) is 0 Å². The molecule has 3 rings (SSSR count). The van der Waals surface area contributed by atoms with Crippen LogP contribution in [0.2, 0.25) is 5.15 Å². The highest BCUT2D eigenvalue weighted by molar-refractivity contribution is 7.90. The maximum Gasteiger partial charge on any atom is 0.281 e. The summed E-state index contributed by atoms with van der Waals surface area (Å²) >= 11 is 6.06. The molecule has 1 atom stereocenters. The fraction of sp³-hybridized carbons (Fsp3) is 0.389. The normalized spacial score (nSPS) is 18.9. The molecule has 2 aromatic rings. The van der Waals surface area contributed by atoms with E-state index in [-0.39, 0.29) is 27.1 Å². The molecule has 8 nitrogen and oxygen atoms in total. The molecule has 28 heavy (non-hydrogen) atoms. The molecule has 3 heterocycles. The van der Waals surface area contributed by atoms with E-state index in [1.165, 1.54) is 30.3 Å². The maximum absolute atomic E-state index is 12.8. The van der Waals surface area contributed by atoms with Crippen LogP contribution in [0, 0.1) is 5.92 Å². The third kappa shape index (κ3) is 4.05. The summed E-state index contributed by atoms with van der Waals surface area (Å²) in [7, 11) is -4.19. The van der Waals surface area contributed by atoms with E-state index in [1.54, 1.807) is 0 Å². The second-order valence-electron chi connectivity index (χ2n) is 7.57. The van der Waals surface area contributed by atoms with Crippen LogP contribution in [0.3, 0.4) is 0 Å². The fourth-order valence-corrected chi connectivity index (χ4v) is 4.66. The number of carbonyl (C=O) groups excluding carboxylic acids is 1. The zero-order valence-corrected chi connectivity index (χ0v) is 17.4. The first-order valence-electron chi connectivity index (χ1n) is 8.73. The quantitative estimate of drug-likeness (QED) is 0.725. The van der Waals surface area contributed by atoms with E-state index in [1.807, 2.05) is 23.5 Å². The molecule has 0 saturated carbocycles. The summed E-state index contributed by atoms with van der Waals surface area (Å²) in [5.41, 5.74) is 5.42. The van der Waals surface area contributed by atoms with Gasteiger partial charge in [0.15, 0.2) is 5.03 Å². The number of nitrogens with two attached hydrogens (primary N) is 1. The van der Waals surface area contributed by atoms with Crippen molar-refractivity contribution in [2.24, 2.45) is 5.92 Å². The minimum atomic E-state index is -4.19. The molecule has 10 heteroatoms. The number of carbonyl (C=O) groups is 1. The lowest BCUT2D eigenvalue weighted by molar-refractivity contribution is 0.0981. The summed E-state index contributed by atoms with van der Waals surface area (Å²) in [6.45, 7) is 6.90. The van der Waals surface area contributed by atoms with E-state index in [9.17, 15) is 13.2 Å². The number of hydrogen-bond donors (Lipinski definition) is 2. The van der Waals surface area contributed by atoms with Gasteiger partial charge < -0.3 is 10.6 Å². The first-order valence-corrected chi connectivity index (χ1v) is 10.6. The highest BCUT2D eigenvalue weighted by Gasteiger charge is 2.39. The lowest BCUT2D eigenvalue weighted by Crippen LogP contribution is -2.41. The van der Waals surface area contributed by atoms with Crippen LogP contribution in [-0.2, 0) is 10.0 Å². The number of amides is 1. The lowest BCUT2D eigenvalue weighted by atomic mass is 9.97. The number of nitrogen functional groups attached to an aromatic ring is 1. The molecule has 0 radical (unpaired) electrons. The smallest absolute Gasteiger partial charge is 0.281 e. The molecule has 1 fully saturated rings. The van der Waals surface area contributed by atoms with E-state index in [2.05, 4.69) is 16.9 Å². The predicted octanol–water partition coefficient (Wildman–Crippen LogP) is 2.46. The highest BCUT2D eigenvalue weighted by atomic mass is 35.5. The first-order chi connectivity index (χ1) is 13.0. The van der Waals surface area contributed by atoms with Crippen LogP contribution in [0.25, 0.3) is 0 Å². The van der Waals surface area contributed by atoms with Gasteiger partial charge in [0.05, 0.1) is 5.56 Å². The zero-order chi connectivity index (χ0) is 20.7. The minimum absolute atomic E-state index is 0.0389. The molecule has 0 aliphatic carbocycles. The molecule has 0 bridgehead atoms. The van der Waals surface area contributed by atoms with Crippen molar-refractivity contribution in [2.75, 3.05) is 17.2 Å². The molecule has 1 saturated heterocycles. The van der Waals surface area contributed by atoms with Crippen molar-refractivity contribution in [3.05, 3.63) is 41.0 Å². The van der Waals surface area contributed by atoms with E-state index in [0.29, 0.717) is 18.3 Å². The third-order valence-corrected chi connectivity index (χ3v) is 6.10. The number of aromatic nitrogens is 2. The molecule has 1 aliphatic rings. The number of nitrogens with one attached hydrogen (secondary N) is 1. The Labute approximate surface area is 169 Å². The summed E-state index contributed by atoms with van der Waals surface area (Å²) in [4.78, 5) is 22.9. The lowest BCUT2D eigenvalue weighted by Gasteiger charge is -2.33. The number of halogens is 1. The topological polar surface area (TPSA) is 118 Å². The van der Waals surface area contributed by atoms with Gasteiger partial charge >= 0.3 is 0 Å². The second-order valence-corrected chi connectivity index (χ2v) is 9.59. The Balaban J connectivity index is 1.97. The zero-order valence-electron chi connectivity index (χ0n) is 15.8. The van der Waals surface area contributed by atoms with Crippen molar-refractivity contribution in [2.45, 2.75) is 37.8 Å². The number of rotatable bonds is 4. The Bertz CT molecular complexity index is 1030. The molecular weight excluding hydrogens is 402 g/mol. The monoisotopic (exact) mass is 423 g/mol. The Kier molecular flexibility index (Phi) is 5.24. The van der Waals surface area contributed by atoms with Crippen LogP contribution in [-0.4, -0.2) is 36.4 Å². The Morgan fingerprint density at radius 1 is 1.29 bits per heavy atom. The number of nitrogens with zero attached hydrogens (tertiary/aromatic N) is 3. The standard InChI is InChI=1S/C18H22ClN5O3S/c1-11-9-18(2,3)24(10-11)16-12(7-8-13(19)21-16)17(25)23-28(26,27)15-6-4-5-14(20)22-15/h4-8,11H,9-10H2,1-3H3,(H2,20,22)(H,23,25). The molecule has 1 amide bonds. The van der Waals surface area contributed by atoms with E-state index in [0.717, 1.165) is 6.42 Å². The largest absolute Gasteiger partial charge is 0.384 e. The van der Waals surface area contributed by atoms with Crippen LogP contribution in [0.4, 0.5) is 11.6 Å². The van der Waals surface area contributed by atoms with Gasteiger partial charge in [-0.1, -0.05) is 24.6 Å². The summed E-state index contributed by atoms with van der Waals surface area (Å²) in [5.74, 6) is -0.0160. The van der Waals surface area contributed by atoms with Gasteiger partial charge in [-0.3, -0.25) is 4.79 Å². The molecule has 0 aromatic carbocycles. The average molecular weight is 424 g/mol. The summed E-state index contributed by atoms with van der Waals surface area (Å²) in [6.07, 6.45) is 0.910. The number of anilines is 2. The number of sulfonamides is 1. The van der Waals surface area contributed by atoms with Crippen LogP contribution in [0.1, 0.15) is 37.6 Å². The molecule has 1 aliphatic heterocycles. The Morgan fingerprint density at radius 2 is 2.00 bits per heavy atom. The molecular formula is C18H22ClN5O3S. The fourth-order valence-electron chi connectivity index (χ4n) is 3.58. The summed E-state index contributed by atoms with van der Waals surface area (Å²) in [5, 5.41) is -0.110. The van der Waals surface area contributed by atoms with Crippen LogP contribution in [0.5, 0.6) is 0 Å². The van der Waals surface area contributed by atoms with Crippen molar-refractivity contribution in [1.82, 2.24) is 14.7 Å². The number of hydrogen-bond acceptors (Lipinski definition) is 7. The minimum Gasteiger partial charge on any atom is -0.384 e. The second kappa shape index (κ2) is 7.21. The van der Waals surface area contributed by atoms with E-state index >= 15 is 0 Å². The van der Waals surface area contributed by atoms with Crippen LogP contribution in [0.15, 0.2) is 35.4 Å². The summed E-state index contributed by atoms with van der Waals surface area (Å²) in [6, 6.07) is 7.10. The van der Waals surface area contributed by atoms with Crippen molar-refractivity contribution < 1.29 is 13.2 Å². The van der Waals surface area contributed by atoms with Gasteiger partial charge in [0.1, 0.15) is 16.8 Å². The molecule has 2 aromatic heterocycles. The Hall–Kier alpha value is -2.39. The van der Waals surface area contributed by atoms with Gasteiger partial charge in [0, 0.05) is 12.1 Å². The van der Waals surface area contributed by atoms with Gasteiger partial charge in [0.25, 0.3) is 15.9 Å². The number of pyridine rings is 2. The average Bonchev–Trinajstić information content (AvgIpc) is 2.86. The van der Waals surface area contributed by atoms with Crippen molar-refractivity contribution >= 4 is 39.2 Å². The van der Waals surface area contributed by atoms with Crippen LogP contribution >= 0.6 is 11.6 Å². The molecule has 1 unspecified atom stereocenters. The van der Waals surface area contributed by atoms with Crippen LogP contribution < -0.4 is 15.4 Å². The molecule has 3 N–H and O–H groups in total. The maximum atomic E-state index is 12.8. The molecule has 150 valence electrons. The summed E-state index contributed by atoms with van der Waals surface area (Å²) < 4.78 is 27.1. The SMILES string of the molecule is CC1CN(c2nc(Cl)ccc2C(=O)NS(=O)(=O)c2cccc(N)n2)C(C)(C)C1. The van der Waals surface area contributed by atoms with Gasteiger partial charge in [-0.05, 0) is 50.5 Å². The van der Waals surface area contributed by atoms with Crippen molar-refractivity contribution in [3.8, 4) is 0 Å². The van der Waals surface area contributed by atoms with Gasteiger partial charge in [0.2, 0.25) is 0 Å². The highest BCUT2D eigenvalue weighted by Crippen LogP contribution is 2.37. The van der Waals surface area contributed by atoms with E-state index < -0.39 is 15.9 Å². The Morgan fingerprint density at radius 3 is 2.61 bits per heavy atom. The van der Waals surface area contributed by atoms with Gasteiger partial charge in [-0.2, -0.15) is 8.42 Å². The van der Waals surface area contributed by atoms with Gasteiger partial charge in [-0.25, -0.2) is 14.7 Å². The predicted molar refractivity (Wildman–Crippen MR) is 108 cm³/mol.